The van der Waals surface area contributed by atoms with Crippen molar-refractivity contribution >= 4 is 16.9 Å². The fourth-order valence-corrected chi connectivity index (χ4v) is 4.97. The van der Waals surface area contributed by atoms with Crippen molar-refractivity contribution in [1.29, 1.82) is 0 Å². The lowest BCUT2D eigenvalue weighted by atomic mass is 9.97. The van der Waals surface area contributed by atoms with Crippen LogP contribution in [0.25, 0.3) is 0 Å². The van der Waals surface area contributed by atoms with E-state index in [1.54, 1.807) is 0 Å². The Balaban J connectivity index is 1.76. The van der Waals surface area contributed by atoms with E-state index in [2.05, 4.69) is 65.8 Å². The molecule has 2 aliphatic rings. The molecule has 0 spiro atoms. The van der Waals surface area contributed by atoms with Gasteiger partial charge >= 0.3 is 0 Å². The molecule has 0 bridgehead atoms. The number of rotatable bonds is 4. The van der Waals surface area contributed by atoms with Gasteiger partial charge in [0.2, 0.25) is 0 Å². The summed E-state index contributed by atoms with van der Waals surface area (Å²) in [6.07, 6.45) is 7.51. The number of aromatic nitrogens is 2. The van der Waals surface area contributed by atoms with Crippen molar-refractivity contribution in [3.8, 4) is 0 Å². The molecule has 3 atom stereocenters. The first-order valence-electron chi connectivity index (χ1n) is 8.76. The molecule has 2 aromatic heterocycles. The summed E-state index contributed by atoms with van der Waals surface area (Å²) < 4.78 is 2.28. The average Bonchev–Trinajstić information content (AvgIpc) is 3.29. The highest BCUT2D eigenvalue weighted by Crippen LogP contribution is 2.48. The fourth-order valence-electron chi connectivity index (χ4n) is 3.64. The third-order valence-electron chi connectivity index (χ3n) is 5.00. The van der Waals surface area contributed by atoms with Crippen LogP contribution < -0.4 is 0 Å². The highest BCUT2D eigenvalue weighted by atomic mass is 32.2. The van der Waals surface area contributed by atoms with E-state index in [1.807, 2.05) is 24.0 Å². The minimum Gasteiger partial charge on any atom is -0.351 e. The largest absolute Gasteiger partial charge is 0.351 e. The van der Waals surface area contributed by atoms with Crippen molar-refractivity contribution in [2.45, 2.75) is 51.4 Å². The number of hydrogen-bond acceptors (Lipinski definition) is 4. The number of aliphatic imine (C=N–C) groups is 1. The summed E-state index contributed by atoms with van der Waals surface area (Å²) in [6.45, 7) is 6.72. The maximum atomic E-state index is 5.06. The molecule has 0 amide bonds. The van der Waals surface area contributed by atoms with Crippen molar-refractivity contribution in [2.75, 3.05) is 5.75 Å². The average molecular weight is 340 g/mol. The van der Waals surface area contributed by atoms with Gasteiger partial charge in [-0.3, -0.25) is 9.98 Å². The third-order valence-corrected chi connectivity index (χ3v) is 6.13. The monoisotopic (exact) mass is 340 g/mol. The van der Waals surface area contributed by atoms with E-state index in [0.29, 0.717) is 12.1 Å². The fraction of sp³-hybridized carbons (Fsp3) is 0.474. The van der Waals surface area contributed by atoms with E-state index in [-0.39, 0.29) is 12.1 Å². The summed E-state index contributed by atoms with van der Waals surface area (Å²) in [7, 11) is 0. The van der Waals surface area contributed by atoms with Crippen molar-refractivity contribution < 1.29 is 0 Å². The molecule has 0 unspecified atom stereocenters. The topological polar surface area (TPSA) is 33.4 Å². The molecule has 0 saturated carbocycles. The molecule has 1 saturated heterocycles. The Morgan fingerprint density at radius 3 is 2.83 bits per heavy atom. The normalized spacial score (nSPS) is 26.1. The number of amidine groups is 1. The Hall–Kier alpha value is -1.75. The molecule has 1 fully saturated rings. The maximum absolute atomic E-state index is 5.06. The zero-order chi connectivity index (χ0) is 16.7. The van der Waals surface area contributed by atoms with Gasteiger partial charge in [-0.1, -0.05) is 24.8 Å². The van der Waals surface area contributed by atoms with Crippen LogP contribution in [0.15, 0.2) is 47.8 Å². The van der Waals surface area contributed by atoms with Crippen LogP contribution in [0.3, 0.4) is 0 Å². The van der Waals surface area contributed by atoms with Crippen LogP contribution in [0.4, 0.5) is 0 Å². The summed E-state index contributed by atoms with van der Waals surface area (Å²) in [5, 5.41) is 1.19. The second-order valence-corrected chi connectivity index (χ2v) is 7.81. The predicted octanol–water partition coefficient (Wildman–Crippen LogP) is 4.44. The standard InChI is InChI=1S/C19H24N4S/c1-4-15-12-24-19-21-17(16-7-5-6-9-20-16)18(23(15)19)14-8-10-22(11-14)13(2)3/h5-11,13,15,17-18H,4,12H2,1-3H3/t15-,17+,18+/m0/s1. The van der Waals surface area contributed by atoms with Crippen molar-refractivity contribution in [2.24, 2.45) is 4.99 Å². The van der Waals surface area contributed by atoms with Crippen LogP contribution in [0, 0.1) is 0 Å². The molecular weight excluding hydrogens is 316 g/mol. The van der Waals surface area contributed by atoms with Crippen LogP contribution in [-0.4, -0.2) is 31.4 Å². The van der Waals surface area contributed by atoms with E-state index in [4.69, 9.17) is 4.99 Å². The van der Waals surface area contributed by atoms with Gasteiger partial charge in [-0.25, -0.2) is 0 Å². The molecule has 24 heavy (non-hydrogen) atoms. The first-order valence-corrected chi connectivity index (χ1v) is 9.74. The van der Waals surface area contributed by atoms with E-state index in [9.17, 15) is 0 Å². The third kappa shape index (κ3) is 2.55. The predicted molar refractivity (Wildman–Crippen MR) is 100 cm³/mol. The van der Waals surface area contributed by atoms with Crippen molar-refractivity contribution in [1.82, 2.24) is 14.5 Å². The molecule has 2 aromatic rings. The minimum absolute atomic E-state index is 0.0889. The molecule has 0 N–H and O–H groups in total. The summed E-state index contributed by atoms with van der Waals surface area (Å²) >= 11 is 1.90. The molecule has 126 valence electrons. The van der Waals surface area contributed by atoms with E-state index >= 15 is 0 Å². The SMILES string of the molecule is CC[C@H]1CSC2=N[C@H](c3ccccn3)[C@@H](c3ccn(C(C)C)c3)N21. The van der Waals surface area contributed by atoms with Gasteiger partial charge in [0.05, 0.1) is 11.7 Å². The number of nitrogens with zero attached hydrogens (tertiary/aromatic N) is 4. The summed E-state index contributed by atoms with van der Waals surface area (Å²) in [5.41, 5.74) is 2.41. The highest BCUT2D eigenvalue weighted by molar-refractivity contribution is 8.14. The highest BCUT2D eigenvalue weighted by Gasteiger charge is 2.45. The molecule has 4 heterocycles. The van der Waals surface area contributed by atoms with Gasteiger partial charge in [0.15, 0.2) is 5.17 Å². The number of pyridine rings is 1. The second-order valence-electron chi connectivity index (χ2n) is 6.82. The number of fused-ring (bicyclic) bond motifs is 1. The van der Waals surface area contributed by atoms with E-state index < -0.39 is 0 Å². The minimum atomic E-state index is 0.0889. The Kier molecular flexibility index (Phi) is 4.12. The first-order chi connectivity index (χ1) is 11.7. The lowest BCUT2D eigenvalue weighted by Crippen LogP contribution is -2.35. The molecule has 0 aliphatic carbocycles. The van der Waals surface area contributed by atoms with Crippen LogP contribution in [0.1, 0.15) is 56.6 Å². The molecular formula is C19H24N4S. The Labute approximate surface area is 148 Å². The zero-order valence-corrected chi connectivity index (χ0v) is 15.3. The van der Waals surface area contributed by atoms with Gasteiger partial charge in [0, 0.05) is 36.4 Å². The lowest BCUT2D eigenvalue weighted by Gasteiger charge is -2.31. The number of hydrogen-bond donors (Lipinski definition) is 0. The molecule has 4 nitrogen and oxygen atoms in total. The van der Waals surface area contributed by atoms with E-state index in [0.717, 1.165) is 17.9 Å². The summed E-state index contributed by atoms with van der Waals surface area (Å²) in [6, 6.07) is 9.79. The quantitative estimate of drug-likeness (QED) is 0.825. The van der Waals surface area contributed by atoms with Crippen molar-refractivity contribution in [3.63, 3.8) is 0 Å². The van der Waals surface area contributed by atoms with Gasteiger partial charge in [-0.2, -0.15) is 0 Å². The lowest BCUT2D eigenvalue weighted by molar-refractivity contribution is 0.255. The molecule has 5 heteroatoms. The van der Waals surface area contributed by atoms with Gasteiger partial charge in [0.1, 0.15) is 6.04 Å². The first kappa shape index (κ1) is 15.8. The summed E-state index contributed by atoms with van der Waals surface area (Å²) in [5.74, 6) is 1.14. The Bertz CT molecular complexity index is 737. The zero-order valence-electron chi connectivity index (χ0n) is 14.5. The van der Waals surface area contributed by atoms with Gasteiger partial charge in [-0.15, -0.1) is 0 Å². The van der Waals surface area contributed by atoms with Gasteiger partial charge in [0.25, 0.3) is 0 Å². The van der Waals surface area contributed by atoms with Crippen LogP contribution >= 0.6 is 11.8 Å². The smallest absolute Gasteiger partial charge is 0.160 e. The van der Waals surface area contributed by atoms with Crippen molar-refractivity contribution in [3.05, 3.63) is 54.1 Å². The molecule has 0 radical (unpaired) electrons. The second kappa shape index (κ2) is 6.28. The molecule has 4 rings (SSSR count). The number of thioether (sulfide) groups is 1. The Morgan fingerprint density at radius 2 is 2.17 bits per heavy atom. The van der Waals surface area contributed by atoms with Gasteiger partial charge < -0.3 is 9.47 Å². The Morgan fingerprint density at radius 1 is 1.29 bits per heavy atom. The van der Waals surface area contributed by atoms with Crippen LogP contribution in [-0.2, 0) is 0 Å². The van der Waals surface area contributed by atoms with E-state index in [1.165, 1.54) is 10.7 Å². The van der Waals surface area contributed by atoms with Crippen LogP contribution in [0.2, 0.25) is 0 Å². The van der Waals surface area contributed by atoms with Crippen LogP contribution in [0.5, 0.6) is 0 Å². The maximum Gasteiger partial charge on any atom is 0.160 e. The molecule has 2 aliphatic heterocycles. The summed E-state index contributed by atoms with van der Waals surface area (Å²) in [4.78, 5) is 12.2. The van der Waals surface area contributed by atoms with Gasteiger partial charge in [-0.05, 0) is 44.0 Å². The molecule has 0 aromatic carbocycles.